The van der Waals surface area contributed by atoms with E-state index >= 15 is 0 Å². The average molecular weight is 599 g/mol. The Balaban J connectivity index is 1.13. The molecule has 3 heterocycles. The zero-order valence-corrected chi connectivity index (χ0v) is 25.3. The summed E-state index contributed by atoms with van der Waals surface area (Å²) >= 11 is 0. The third-order valence-corrected chi connectivity index (χ3v) is 9.44. The number of aromatic nitrogens is 2. The van der Waals surface area contributed by atoms with Crippen molar-refractivity contribution in [3.05, 3.63) is 158 Å². The van der Waals surface area contributed by atoms with E-state index < -0.39 is 0 Å². The summed E-state index contributed by atoms with van der Waals surface area (Å²) in [5.41, 5.74) is 11.2. The summed E-state index contributed by atoms with van der Waals surface area (Å²) in [4.78, 5) is 10.3. The molecule has 10 rings (SSSR count). The highest BCUT2D eigenvalue weighted by atomic mass is 16.3. The van der Waals surface area contributed by atoms with E-state index in [1.54, 1.807) is 0 Å². The lowest BCUT2D eigenvalue weighted by Crippen LogP contribution is -1.91. The summed E-state index contributed by atoms with van der Waals surface area (Å²) in [5, 5.41) is 8.10. The fourth-order valence-corrected chi connectivity index (χ4v) is 7.26. The van der Waals surface area contributed by atoms with Gasteiger partial charge in [0, 0.05) is 21.7 Å². The fourth-order valence-electron chi connectivity index (χ4n) is 7.26. The van der Waals surface area contributed by atoms with Crippen LogP contribution in [-0.2, 0) is 0 Å². The van der Waals surface area contributed by atoms with Gasteiger partial charge in [0.15, 0.2) is 5.58 Å². The number of benzene rings is 7. The van der Waals surface area contributed by atoms with Crippen LogP contribution in [0.3, 0.4) is 0 Å². The molecule has 0 unspecified atom stereocenters. The molecule has 0 N–H and O–H groups in total. The highest BCUT2D eigenvalue weighted by molar-refractivity contribution is 6.21. The van der Waals surface area contributed by atoms with Gasteiger partial charge in [0.1, 0.15) is 11.1 Å². The van der Waals surface area contributed by atoms with Crippen molar-refractivity contribution in [2.75, 3.05) is 0 Å². The topological polar surface area (TPSA) is 38.9 Å². The van der Waals surface area contributed by atoms with Gasteiger partial charge in [-0.1, -0.05) is 133 Å². The van der Waals surface area contributed by atoms with Crippen molar-refractivity contribution in [1.29, 1.82) is 0 Å². The molecule has 3 heteroatoms. The molecule has 7 aromatic carbocycles. The number of hydrogen-bond acceptors (Lipinski definition) is 3. The van der Waals surface area contributed by atoms with Gasteiger partial charge < -0.3 is 4.42 Å². The Morgan fingerprint density at radius 1 is 0.340 bits per heavy atom. The molecule has 3 aromatic heterocycles. The van der Waals surface area contributed by atoms with Crippen LogP contribution in [0.5, 0.6) is 0 Å². The first kappa shape index (κ1) is 26.0. The van der Waals surface area contributed by atoms with Crippen LogP contribution >= 0.6 is 0 Å². The predicted molar refractivity (Wildman–Crippen MR) is 196 cm³/mol. The second-order valence-electron chi connectivity index (χ2n) is 12.1. The lowest BCUT2D eigenvalue weighted by Gasteiger charge is -2.18. The quantitative estimate of drug-likeness (QED) is 0.150. The highest BCUT2D eigenvalue weighted by Gasteiger charge is 2.17. The van der Waals surface area contributed by atoms with Gasteiger partial charge in [-0.05, 0) is 68.1 Å². The third kappa shape index (κ3) is 4.00. The molecule has 0 amide bonds. The number of nitrogens with zero attached hydrogens (tertiary/aromatic N) is 2. The molecule has 0 atom stereocenters. The molecule has 0 fully saturated rings. The molecule has 0 aliphatic heterocycles. The molecule has 0 radical (unpaired) electrons. The molecule has 10 aromatic rings. The van der Waals surface area contributed by atoms with Crippen LogP contribution in [0, 0.1) is 0 Å². The fraction of sp³-hybridized carbons (Fsp3) is 0. The Bertz CT molecular complexity index is 2780. The lowest BCUT2D eigenvalue weighted by atomic mass is 9.86. The zero-order valence-electron chi connectivity index (χ0n) is 25.3. The van der Waals surface area contributed by atoms with E-state index in [1.165, 1.54) is 43.8 Å². The molecular weight excluding hydrogens is 572 g/mol. The summed E-state index contributed by atoms with van der Waals surface area (Å²) in [6, 6.07) is 55.8. The smallest absolute Gasteiger partial charge is 0.154 e. The van der Waals surface area contributed by atoms with Crippen LogP contribution in [0.2, 0.25) is 0 Å². The first-order valence-corrected chi connectivity index (χ1v) is 15.9. The predicted octanol–water partition coefficient (Wildman–Crippen LogP) is 12.0. The molecule has 47 heavy (non-hydrogen) atoms. The Labute approximate surface area is 270 Å². The van der Waals surface area contributed by atoms with Gasteiger partial charge in [0.2, 0.25) is 0 Å². The van der Waals surface area contributed by atoms with E-state index in [-0.39, 0.29) is 0 Å². The third-order valence-electron chi connectivity index (χ3n) is 9.44. The zero-order chi connectivity index (χ0) is 30.9. The molecule has 0 aliphatic carbocycles. The summed E-state index contributed by atoms with van der Waals surface area (Å²) in [5.74, 6) is 0. The maximum absolute atomic E-state index is 6.11. The van der Waals surface area contributed by atoms with Crippen molar-refractivity contribution in [1.82, 2.24) is 9.97 Å². The number of furan rings is 1. The van der Waals surface area contributed by atoms with E-state index in [2.05, 4.69) is 140 Å². The van der Waals surface area contributed by atoms with Crippen LogP contribution in [-0.4, -0.2) is 9.97 Å². The molecule has 0 aliphatic rings. The Morgan fingerprint density at radius 3 is 1.53 bits per heavy atom. The first-order chi connectivity index (χ1) is 23.3. The molecule has 0 saturated heterocycles. The van der Waals surface area contributed by atoms with Crippen molar-refractivity contribution < 1.29 is 4.42 Å². The Kier molecular flexibility index (Phi) is 5.57. The number of hydrogen-bond donors (Lipinski definition) is 0. The summed E-state index contributed by atoms with van der Waals surface area (Å²) < 4.78 is 6.11. The SMILES string of the molecule is c1ccc(-c2c3ccccc3c(-c3ccc(-c4ccc5ccc6cc7oc8ccccc8c7nc6c5n4)cc3)c3ccccc23)cc1. The second-order valence-corrected chi connectivity index (χ2v) is 12.1. The minimum Gasteiger partial charge on any atom is -0.454 e. The van der Waals surface area contributed by atoms with Crippen molar-refractivity contribution in [2.45, 2.75) is 0 Å². The van der Waals surface area contributed by atoms with Crippen LogP contribution < -0.4 is 0 Å². The van der Waals surface area contributed by atoms with Gasteiger partial charge in [0.05, 0.1) is 16.7 Å². The average Bonchev–Trinajstić information content (AvgIpc) is 3.50. The number of rotatable bonds is 3. The standard InChI is InChI=1S/C44H26N2O/c1-2-10-28(11-3-1)40-32-12-4-6-14-34(32)41(35-15-7-5-13-33(35)40)29-20-18-27(19-21-29)37-25-24-30-22-23-31-26-39-44(46-43(31)42(30)45-37)36-16-8-9-17-38(36)47-39/h1-26H. The number of fused-ring (bicyclic) bond motifs is 8. The van der Waals surface area contributed by atoms with E-state index in [1.807, 2.05) is 18.2 Å². The summed E-state index contributed by atoms with van der Waals surface area (Å²) in [6.07, 6.45) is 0. The highest BCUT2D eigenvalue weighted by Crippen LogP contribution is 2.44. The van der Waals surface area contributed by atoms with E-state index in [0.717, 1.165) is 55.1 Å². The Hall–Kier alpha value is -6.32. The largest absolute Gasteiger partial charge is 0.454 e. The summed E-state index contributed by atoms with van der Waals surface area (Å²) in [6.45, 7) is 0. The maximum atomic E-state index is 6.11. The van der Waals surface area contributed by atoms with E-state index in [9.17, 15) is 0 Å². The monoisotopic (exact) mass is 598 g/mol. The van der Waals surface area contributed by atoms with Crippen LogP contribution in [0.15, 0.2) is 162 Å². The molecule has 0 bridgehead atoms. The van der Waals surface area contributed by atoms with Crippen molar-refractivity contribution in [2.24, 2.45) is 0 Å². The normalized spacial score (nSPS) is 11.8. The van der Waals surface area contributed by atoms with Gasteiger partial charge in [-0.25, -0.2) is 9.97 Å². The lowest BCUT2D eigenvalue weighted by molar-refractivity contribution is 0.669. The molecule has 0 spiro atoms. The molecular formula is C44H26N2O. The van der Waals surface area contributed by atoms with Gasteiger partial charge in [-0.3, -0.25) is 0 Å². The van der Waals surface area contributed by atoms with Crippen LogP contribution in [0.25, 0.3) is 98.9 Å². The first-order valence-electron chi connectivity index (χ1n) is 15.9. The Morgan fingerprint density at radius 2 is 0.851 bits per heavy atom. The van der Waals surface area contributed by atoms with Gasteiger partial charge in [-0.2, -0.15) is 0 Å². The molecule has 3 nitrogen and oxygen atoms in total. The molecule has 218 valence electrons. The minimum atomic E-state index is 0.793. The van der Waals surface area contributed by atoms with E-state index in [0.29, 0.717) is 0 Å². The van der Waals surface area contributed by atoms with Crippen molar-refractivity contribution in [3.8, 4) is 33.5 Å². The van der Waals surface area contributed by atoms with Gasteiger partial charge in [0.25, 0.3) is 0 Å². The molecule has 0 saturated carbocycles. The van der Waals surface area contributed by atoms with Crippen LogP contribution in [0.1, 0.15) is 0 Å². The number of para-hydroxylation sites is 1. The van der Waals surface area contributed by atoms with Crippen molar-refractivity contribution >= 4 is 65.4 Å². The van der Waals surface area contributed by atoms with Crippen LogP contribution in [0.4, 0.5) is 0 Å². The van der Waals surface area contributed by atoms with E-state index in [4.69, 9.17) is 14.4 Å². The second kappa shape index (κ2) is 10.1. The van der Waals surface area contributed by atoms with Gasteiger partial charge in [-0.15, -0.1) is 0 Å². The van der Waals surface area contributed by atoms with Crippen molar-refractivity contribution in [3.63, 3.8) is 0 Å². The maximum Gasteiger partial charge on any atom is 0.154 e. The van der Waals surface area contributed by atoms with Gasteiger partial charge >= 0.3 is 0 Å². The summed E-state index contributed by atoms with van der Waals surface area (Å²) in [7, 11) is 0. The number of pyridine rings is 2. The minimum absolute atomic E-state index is 0.793.